The molecule has 3 fully saturated rings. The summed E-state index contributed by atoms with van der Waals surface area (Å²) >= 11 is 20.8. The van der Waals surface area contributed by atoms with E-state index in [1.807, 2.05) is 0 Å². The van der Waals surface area contributed by atoms with Crippen LogP contribution in [0.2, 0.25) is 0 Å². The van der Waals surface area contributed by atoms with Gasteiger partial charge in [-0.1, -0.05) is 43.5 Å². The highest BCUT2D eigenvalue weighted by molar-refractivity contribution is 9.10. The molecule has 13 heteroatoms. The van der Waals surface area contributed by atoms with Gasteiger partial charge in [0.2, 0.25) is 11.8 Å². The fourth-order valence-electron chi connectivity index (χ4n) is 6.53. The molecule has 0 bridgehead atoms. The molecule has 2 heterocycles. The monoisotopic (exact) mass is 690 g/mol. The van der Waals surface area contributed by atoms with Crippen LogP contribution in [0.1, 0.15) is 37.2 Å². The van der Waals surface area contributed by atoms with Crippen molar-refractivity contribution in [3.05, 3.63) is 39.9 Å². The van der Waals surface area contributed by atoms with E-state index < -0.39 is 63.0 Å². The number of aromatic hydroxyl groups is 1. The maximum Gasteiger partial charge on any atom is 0.303 e. The number of allylic oxidation sites excluding steroid dienone is 2. The largest absolute Gasteiger partial charge is 0.508 e. The van der Waals surface area contributed by atoms with E-state index >= 15 is 0 Å². The second-order valence-electron chi connectivity index (χ2n) is 10.0. The Labute approximate surface area is 244 Å². The maximum absolute atomic E-state index is 13.7. The Morgan fingerprint density at radius 1 is 1.08 bits per heavy atom. The Kier molecular flexibility index (Phi) is 6.98. The number of alkyl halides is 3. The first kappa shape index (κ1) is 27.6. The molecule has 202 valence electrons. The number of fused-ring (bicyclic) bond motifs is 4. The molecule has 2 aliphatic heterocycles. The van der Waals surface area contributed by atoms with E-state index in [1.54, 1.807) is 18.2 Å². The number of phenols is 1. The number of aliphatic carboxylic acids is 1. The van der Waals surface area contributed by atoms with Gasteiger partial charge in [0.15, 0.2) is 9.75 Å². The average molecular weight is 693 g/mol. The minimum absolute atomic E-state index is 0.0326. The summed E-state index contributed by atoms with van der Waals surface area (Å²) in [5.74, 6) is -6.84. The zero-order valence-corrected chi connectivity index (χ0v) is 24.4. The molecule has 6 atom stereocenters. The Hall–Kier alpha value is -1.95. The lowest BCUT2D eigenvalue weighted by atomic mass is 9.56. The van der Waals surface area contributed by atoms with Crippen LogP contribution in [-0.2, 0) is 24.0 Å². The number of carboxylic acid groups (broad SMARTS) is 1. The zero-order valence-electron chi connectivity index (χ0n) is 19.7. The summed E-state index contributed by atoms with van der Waals surface area (Å²) in [6, 6.07) is 4.65. The molecule has 4 aliphatic rings. The molecular formula is C25H22Br2Cl2N2O7. The normalized spacial score (nSPS) is 34.3. The van der Waals surface area contributed by atoms with Gasteiger partial charge in [-0.05, 0) is 43.4 Å². The fourth-order valence-corrected chi connectivity index (χ4v) is 8.33. The number of nitrogens with zero attached hydrogens (tertiary/aromatic N) is 2. The Bertz CT molecular complexity index is 1320. The molecular weight excluding hydrogens is 671 g/mol. The third-order valence-electron chi connectivity index (χ3n) is 8.18. The first-order chi connectivity index (χ1) is 17.9. The van der Waals surface area contributed by atoms with Crippen LogP contribution in [0.3, 0.4) is 0 Å². The van der Waals surface area contributed by atoms with Gasteiger partial charge >= 0.3 is 5.97 Å². The van der Waals surface area contributed by atoms with Gasteiger partial charge in [-0.25, -0.2) is 0 Å². The molecule has 5 rings (SSSR count). The minimum Gasteiger partial charge on any atom is -0.508 e. The molecule has 1 aromatic carbocycles. The van der Waals surface area contributed by atoms with Crippen LogP contribution in [-0.4, -0.2) is 71.4 Å². The van der Waals surface area contributed by atoms with E-state index in [2.05, 4.69) is 31.9 Å². The van der Waals surface area contributed by atoms with Gasteiger partial charge in [-0.2, -0.15) is 0 Å². The molecule has 4 amide bonds. The number of phenolic OH excluding ortho intramolecular Hbond substituents is 1. The van der Waals surface area contributed by atoms with Gasteiger partial charge in [0.05, 0.1) is 17.3 Å². The van der Waals surface area contributed by atoms with Crippen LogP contribution in [0.4, 0.5) is 0 Å². The number of carbonyl (C=O) groups excluding carboxylic acids is 4. The number of rotatable bonds is 6. The van der Waals surface area contributed by atoms with Crippen LogP contribution >= 0.6 is 55.1 Å². The molecule has 1 aromatic rings. The molecule has 2 aliphatic carbocycles. The molecule has 1 saturated carbocycles. The fraction of sp³-hybridized carbons (Fsp3) is 0.480. The van der Waals surface area contributed by atoms with E-state index in [-0.39, 0.29) is 49.0 Å². The molecule has 2 N–H and O–H groups in total. The predicted molar refractivity (Wildman–Crippen MR) is 143 cm³/mol. The molecule has 0 radical (unpaired) electrons. The third kappa shape index (κ3) is 3.72. The summed E-state index contributed by atoms with van der Waals surface area (Å²) in [6.07, 6.45) is 1.73. The SMILES string of the molecule is O=C(O)CCCN1C(=O)[C@H]2[C@H](CC=C3[C@H]2C[C@@]2(Cl)C(=O)N(CBr)C(=O)[C@@]2(Cl)[C@H]3c2cc(Br)ccc2O)C1=O. The third-order valence-corrected chi connectivity index (χ3v) is 10.6. The number of imide groups is 2. The smallest absolute Gasteiger partial charge is 0.303 e. The van der Waals surface area contributed by atoms with Gasteiger partial charge in [-0.3, -0.25) is 33.8 Å². The number of amides is 4. The molecule has 0 unspecified atom stereocenters. The number of hydrogen-bond acceptors (Lipinski definition) is 6. The summed E-state index contributed by atoms with van der Waals surface area (Å²) in [7, 11) is 0. The molecule has 0 aromatic heterocycles. The molecule has 2 saturated heterocycles. The summed E-state index contributed by atoms with van der Waals surface area (Å²) in [5.41, 5.74) is 0.688. The number of hydrogen-bond donors (Lipinski definition) is 2. The van der Waals surface area contributed by atoms with Crippen molar-refractivity contribution in [1.29, 1.82) is 0 Å². The number of likely N-dealkylation sites (tertiary alicyclic amines) is 2. The lowest BCUT2D eigenvalue weighted by Gasteiger charge is -2.50. The second kappa shape index (κ2) is 9.60. The topological polar surface area (TPSA) is 132 Å². The summed E-state index contributed by atoms with van der Waals surface area (Å²) < 4.78 is 0.591. The van der Waals surface area contributed by atoms with Crippen molar-refractivity contribution in [2.45, 2.75) is 41.3 Å². The van der Waals surface area contributed by atoms with E-state index in [0.29, 0.717) is 10.0 Å². The first-order valence-electron chi connectivity index (χ1n) is 11.9. The first-order valence-corrected chi connectivity index (χ1v) is 14.6. The van der Waals surface area contributed by atoms with Crippen molar-refractivity contribution >= 4 is 84.7 Å². The Balaban J connectivity index is 1.64. The van der Waals surface area contributed by atoms with Crippen LogP contribution in [0.25, 0.3) is 0 Å². The summed E-state index contributed by atoms with van der Waals surface area (Å²) in [5, 5.41) is 19.9. The van der Waals surface area contributed by atoms with Crippen molar-refractivity contribution in [2.24, 2.45) is 17.8 Å². The van der Waals surface area contributed by atoms with Crippen LogP contribution in [0.15, 0.2) is 34.3 Å². The minimum atomic E-state index is -2.00. The van der Waals surface area contributed by atoms with Crippen LogP contribution < -0.4 is 0 Å². The highest BCUT2D eigenvalue weighted by Crippen LogP contribution is 2.66. The van der Waals surface area contributed by atoms with Crippen molar-refractivity contribution in [3.63, 3.8) is 0 Å². The van der Waals surface area contributed by atoms with E-state index in [4.69, 9.17) is 28.3 Å². The van der Waals surface area contributed by atoms with Crippen molar-refractivity contribution in [2.75, 3.05) is 12.0 Å². The van der Waals surface area contributed by atoms with Crippen molar-refractivity contribution in [3.8, 4) is 5.75 Å². The van der Waals surface area contributed by atoms with Gasteiger partial charge in [0.1, 0.15) is 5.75 Å². The van der Waals surface area contributed by atoms with Crippen molar-refractivity contribution in [1.82, 2.24) is 9.80 Å². The van der Waals surface area contributed by atoms with E-state index in [9.17, 15) is 29.1 Å². The number of benzene rings is 1. The Morgan fingerprint density at radius 3 is 2.45 bits per heavy atom. The molecule has 38 heavy (non-hydrogen) atoms. The Morgan fingerprint density at radius 2 is 1.79 bits per heavy atom. The number of carboxylic acids is 1. The lowest BCUT2D eigenvalue weighted by Crippen LogP contribution is -2.60. The standard InChI is InChI=1S/C25H22Br2Cl2N2O7/c26-10-31-22(37)24(28)9-15-12(19(25(24,29)23(31)38)14-8-11(27)3-6-16(14)32)4-5-13-18(15)21(36)30(20(13)35)7-1-2-17(33)34/h3-4,6,8,13,15,18-19,32H,1-2,5,7,9-10H2,(H,33,34)/t13-,15+,18-,19+,24+,25-/m0/s1. The summed E-state index contributed by atoms with van der Waals surface area (Å²) in [4.78, 5) is 63.1. The van der Waals surface area contributed by atoms with Gasteiger partial charge < -0.3 is 10.2 Å². The zero-order chi connectivity index (χ0) is 27.7. The number of halogens is 4. The quantitative estimate of drug-likeness (QED) is 0.201. The number of carbonyl (C=O) groups is 5. The maximum atomic E-state index is 13.7. The van der Waals surface area contributed by atoms with Crippen LogP contribution in [0, 0.1) is 17.8 Å². The lowest BCUT2D eigenvalue weighted by molar-refractivity contribution is -0.142. The van der Waals surface area contributed by atoms with E-state index in [0.717, 1.165) is 9.80 Å². The van der Waals surface area contributed by atoms with Gasteiger partial charge in [0, 0.05) is 28.9 Å². The van der Waals surface area contributed by atoms with Gasteiger partial charge in [-0.15, -0.1) is 23.2 Å². The highest BCUT2D eigenvalue weighted by atomic mass is 79.9. The predicted octanol–water partition coefficient (Wildman–Crippen LogP) is 3.73. The van der Waals surface area contributed by atoms with E-state index in [1.165, 1.54) is 6.07 Å². The molecule has 9 nitrogen and oxygen atoms in total. The average Bonchev–Trinajstić information content (AvgIpc) is 3.19. The molecule has 0 spiro atoms. The van der Waals surface area contributed by atoms with Crippen molar-refractivity contribution < 1.29 is 34.2 Å². The van der Waals surface area contributed by atoms with Gasteiger partial charge in [0.25, 0.3) is 11.8 Å². The summed E-state index contributed by atoms with van der Waals surface area (Å²) in [6.45, 7) is -0.0326. The second-order valence-corrected chi connectivity index (χ2v) is 12.7. The highest BCUT2D eigenvalue weighted by Gasteiger charge is 2.76. The van der Waals surface area contributed by atoms with Crippen LogP contribution in [0.5, 0.6) is 5.75 Å².